The molecule has 1 atom stereocenters. The van der Waals surface area contributed by atoms with Crippen LogP contribution in [-0.4, -0.2) is 16.3 Å². The molecule has 2 nitrogen and oxygen atoms in total. The average Bonchev–Trinajstić information content (AvgIpc) is 1.84. The summed E-state index contributed by atoms with van der Waals surface area (Å²) in [4.78, 5) is 0. The Morgan fingerprint density at radius 1 is 1.56 bits per heavy atom. The minimum atomic E-state index is -0.907. The molecule has 0 aliphatic rings. The molecule has 0 saturated carbocycles. The lowest BCUT2D eigenvalue weighted by Gasteiger charge is -2.04. The van der Waals surface area contributed by atoms with Crippen molar-refractivity contribution in [3.63, 3.8) is 0 Å². The normalized spacial score (nSPS) is 12.3. The van der Waals surface area contributed by atoms with Crippen LogP contribution in [0.2, 0.25) is 0 Å². The molecular weight excluding hydrogens is 116 g/mol. The smallest absolute Gasteiger partial charge is 0.129 e. The van der Waals surface area contributed by atoms with Crippen LogP contribution in [0.15, 0.2) is 24.0 Å². The molecule has 0 amide bonds. The van der Waals surface area contributed by atoms with Crippen LogP contribution in [0, 0.1) is 0 Å². The second-order valence-corrected chi connectivity index (χ2v) is 2.07. The maximum Gasteiger partial charge on any atom is 0.129 e. The molecule has 2 heteroatoms. The van der Waals surface area contributed by atoms with Crippen molar-refractivity contribution in [3.8, 4) is 0 Å². The number of allylic oxidation sites excluding steroid dienone is 1. The van der Waals surface area contributed by atoms with Gasteiger partial charge >= 0.3 is 0 Å². The summed E-state index contributed by atoms with van der Waals surface area (Å²) in [6.45, 7) is 6.77. The van der Waals surface area contributed by atoms with Gasteiger partial charge in [-0.1, -0.05) is 6.08 Å². The van der Waals surface area contributed by atoms with Crippen molar-refractivity contribution in [2.75, 3.05) is 0 Å². The van der Waals surface area contributed by atoms with Crippen LogP contribution in [-0.2, 0) is 0 Å². The Kier molecular flexibility index (Phi) is 3.02. The average molecular weight is 128 g/mol. The molecule has 2 N–H and O–H groups in total. The number of hydrogen-bond donors (Lipinski definition) is 2. The number of hydrogen-bond acceptors (Lipinski definition) is 2. The van der Waals surface area contributed by atoms with E-state index < -0.39 is 6.10 Å². The zero-order valence-corrected chi connectivity index (χ0v) is 5.76. The predicted molar refractivity (Wildman–Crippen MR) is 37.2 cm³/mol. The number of rotatable bonds is 2. The van der Waals surface area contributed by atoms with Crippen LogP contribution >= 0.6 is 0 Å². The molecular formula is C7H12O2. The standard InChI is InChI=1S/C7H12O2/c1-4-6(8)7(9)5(2)3/h4,6,8-9H,1H2,2-3H3/t6-/m0/s1. The minimum absolute atomic E-state index is 0.00926. The van der Waals surface area contributed by atoms with E-state index in [4.69, 9.17) is 10.2 Å². The lowest BCUT2D eigenvalue weighted by Crippen LogP contribution is -2.06. The van der Waals surface area contributed by atoms with Crippen molar-refractivity contribution >= 4 is 0 Å². The van der Waals surface area contributed by atoms with Crippen molar-refractivity contribution in [1.29, 1.82) is 0 Å². The van der Waals surface area contributed by atoms with Crippen molar-refractivity contribution in [2.45, 2.75) is 20.0 Å². The van der Waals surface area contributed by atoms with Gasteiger partial charge in [0.25, 0.3) is 0 Å². The minimum Gasteiger partial charge on any atom is -0.509 e. The third kappa shape index (κ3) is 2.33. The first-order valence-electron chi connectivity index (χ1n) is 2.76. The highest BCUT2D eigenvalue weighted by Gasteiger charge is 2.03. The molecule has 0 rings (SSSR count). The molecule has 52 valence electrons. The second kappa shape index (κ2) is 3.30. The Balaban J connectivity index is 4.19. The molecule has 0 saturated heterocycles. The molecule has 0 aromatic heterocycles. The van der Waals surface area contributed by atoms with Gasteiger partial charge in [0, 0.05) is 0 Å². The quantitative estimate of drug-likeness (QED) is 0.435. The Morgan fingerprint density at radius 2 is 2.00 bits per heavy atom. The molecule has 0 spiro atoms. The lowest BCUT2D eigenvalue weighted by atomic mass is 10.2. The van der Waals surface area contributed by atoms with E-state index in [1.54, 1.807) is 13.8 Å². The number of aliphatic hydroxyl groups is 2. The van der Waals surface area contributed by atoms with Crippen LogP contribution in [0.4, 0.5) is 0 Å². The summed E-state index contributed by atoms with van der Waals surface area (Å²) in [6, 6.07) is 0. The van der Waals surface area contributed by atoms with Gasteiger partial charge in [0.15, 0.2) is 0 Å². The molecule has 0 aromatic carbocycles. The number of aliphatic hydroxyl groups excluding tert-OH is 2. The maximum absolute atomic E-state index is 8.95. The fraction of sp³-hybridized carbons (Fsp3) is 0.429. The third-order valence-electron chi connectivity index (χ3n) is 1.02. The molecule has 0 bridgehead atoms. The van der Waals surface area contributed by atoms with Crippen LogP contribution in [0.25, 0.3) is 0 Å². The van der Waals surface area contributed by atoms with Gasteiger partial charge in [-0.2, -0.15) is 0 Å². The Hall–Kier alpha value is -0.760. The van der Waals surface area contributed by atoms with Gasteiger partial charge in [-0.3, -0.25) is 0 Å². The molecule has 0 radical (unpaired) electrons. The van der Waals surface area contributed by atoms with Crippen LogP contribution in [0.1, 0.15) is 13.8 Å². The second-order valence-electron chi connectivity index (χ2n) is 2.07. The summed E-state index contributed by atoms with van der Waals surface area (Å²) in [7, 11) is 0. The molecule has 0 aliphatic carbocycles. The van der Waals surface area contributed by atoms with E-state index in [-0.39, 0.29) is 5.76 Å². The van der Waals surface area contributed by atoms with E-state index in [1.165, 1.54) is 6.08 Å². The van der Waals surface area contributed by atoms with Gasteiger partial charge in [-0.05, 0) is 19.4 Å². The van der Waals surface area contributed by atoms with Crippen molar-refractivity contribution in [3.05, 3.63) is 24.0 Å². The third-order valence-corrected chi connectivity index (χ3v) is 1.02. The molecule has 0 aliphatic heterocycles. The van der Waals surface area contributed by atoms with Crippen molar-refractivity contribution < 1.29 is 10.2 Å². The fourth-order valence-electron chi connectivity index (χ4n) is 0.407. The topological polar surface area (TPSA) is 40.5 Å². The van der Waals surface area contributed by atoms with Crippen LogP contribution < -0.4 is 0 Å². The first-order valence-corrected chi connectivity index (χ1v) is 2.76. The van der Waals surface area contributed by atoms with E-state index >= 15 is 0 Å². The molecule has 0 aromatic rings. The van der Waals surface area contributed by atoms with Crippen molar-refractivity contribution in [1.82, 2.24) is 0 Å². The summed E-state index contributed by atoms with van der Waals surface area (Å²) in [6.07, 6.45) is 0.373. The highest BCUT2D eigenvalue weighted by atomic mass is 16.3. The first kappa shape index (κ1) is 8.24. The highest BCUT2D eigenvalue weighted by molar-refractivity contribution is 5.10. The fourth-order valence-corrected chi connectivity index (χ4v) is 0.407. The summed E-state index contributed by atoms with van der Waals surface area (Å²) in [5, 5.41) is 17.8. The van der Waals surface area contributed by atoms with E-state index in [0.29, 0.717) is 5.57 Å². The monoisotopic (exact) mass is 128 g/mol. The summed E-state index contributed by atoms with van der Waals surface area (Å²) < 4.78 is 0. The zero-order valence-electron chi connectivity index (χ0n) is 5.76. The van der Waals surface area contributed by atoms with Gasteiger partial charge in [0.2, 0.25) is 0 Å². The zero-order chi connectivity index (χ0) is 7.44. The maximum atomic E-state index is 8.95. The largest absolute Gasteiger partial charge is 0.509 e. The molecule has 9 heavy (non-hydrogen) atoms. The van der Waals surface area contributed by atoms with E-state index in [0.717, 1.165) is 0 Å². The van der Waals surface area contributed by atoms with Crippen LogP contribution in [0.3, 0.4) is 0 Å². The highest BCUT2D eigenvalue weighted by Crippen LogP contribution is 2.04. The van der Waals surface area contributed by atoms with E-state index in [1.807, 2.05) is 0 Å². The molecule has 0 fully saturated rings. The van der Waals surface area contributed by atoms with Gasteiger partial charge in [-0.15, -0.1) is 6.58 Å². The van der Waals surface area contributed by atoms with Gasteiger partial charge in [-0.25, -0.2) is 0 Å². The van der Waals surface area contributed by atoms with Crippen LogP contribution in [0.5, 0.6) is 0 Å². The summed E-state index contributed by atoms with van der Waals surface area (Å²) in [5.41, 5.74) is 0.711. The predicted octanol–water partition coefficient (Wildman–Crippen LogP) is 1.39. The van der Waals surface area contributed by atoms with E-state index in [9.17, 15) is 0 Å². The lowest BCUT2D eigenvalue weighted by molar-refractivity contribution is 0.190. The van der Waals surface area contributed by atoms with Gasteiger partial charge in [0.05, 0.1) is 0 Å². The summed E-state index contributed by atoms with van der Waals surface area (Å²) in [5.74, 6) is -0.00926. The Bertz CT molecular complexity index is 132. The Labute approximate surface area is 55.1 Å². The van der Waals surface area contributed by atoms with Gasteiger partial charge < -0.3 is 10.2 Å². The molecule has 0 unspecified atom stereocenters. The summed E-state index contributed by atoms with van der Waals surface area (Å²) >= 11 is 0. The van der Waals surface area contributed by atoms with Crippen molar-refractivity contribution in [2.24, 2.45) is 0 Å². The van der Waals surface area contributed by atoms with E-state index in [2.05, 4.69) is 6.58 Å². The SMILES string of the molecule is C=C[C@H](O)C(O)=C(C)C. The first-order chi connectivity index (χ1) is 4.09. The Morgan fingerprint density at radius 3 is 2.11 bits per heavy atom. The molecule has 0 heterocycles. The van der Waals surface area contributed by atoms with Gasteiger partial charge in [0.1, 0.15) is 11.9 Å².